The van der Waals surface area contributed by atoms with Crippen LogP contribution in [0.15, 0.2) is 18.5 Å². The van der Waals surface area contributed by atoms with Gasteiger partial charge >= 0.3 is 0 Å². The van der Waals surface area contributed by atoms with Gasteiger partial charge in [0.25, 0.3) is 0 Å². The van der Waals surface area contributed by atoms with E-state index in [1.165, 1.54) is 0 Å². The monoisotopic (exact) mass is 180 g/mol. The molecule has 0 radical (unpaired) electrons. The first-order chi connectivity index (χ1) is 6.36. The highest BCUT2D eigenvalue weighted by Gasteiger charge is 2.16. The molecule has 0 spiro atoms. The summed E-state index contributed by atoms with van der Waals surface area (Å²) in [7, 11) is 0. The van der Waals surface area contributed by atoms with Gasteiger partial charge in [0.1, 0.15) is 6.10 Å². The van der Waals surface area contributed by atoms with E-state index in [1.807, 2.05) is 6.07 Å². The number of anilines is 1. The van der Waals surface area contributed by atoms with Gasteiger partial charge in [-0.2, -0.15) is 0 Å². The fourth-order valence-electron chi connectivity index (χ4n) is 1.33. The predicted octanol–water partition coefficient (Wildman–Crippen LogP) is 0.752. The first-order valence-electron chi connectivity index (χ1n) is 4.26. The van der Waals surface area contributed by atoms with Crippen molar-refractivity contribution in [3.63, 3.8) is 0 Å². The molecule has 70 valence electrons. The number of aromatic nitrogens is 1. The lowest BCUT2D eigenvalue weighted by molar-refractivity contribution is -0.0902. The summed E-state index contributed by atoms with van der Waals surface area (Å²) in [4.78, 5) is 4.00. The Morgan fingerprint density at radius 2 is 2.31 bits per heavy atom. The van der Waals surface area contributed by atoms with E-state index in [4.69, 9.17) is 15.2 Å². The molecule has 0 aliphatic carbocycles. The molecule has 1 aromatic rings. The minimum absolute atomic E-state index is 0.00949. The zero-order valence-electron chi connectivity index (χ0n) is 7.27. The Morgan fingerprint density at radius 1 is 1.38 bits per heavy atom. The van der Waals surface area contributed by atoms with Gasteiger partial charge in [-0.05, 0) is 6.07 Å². The predicted molar refractivity (Wildman–Crippen MR) is 48.2 cm³/mol. The van der Waals surface area contributed by atoms with Gasteiger partial charge in [-0.15, -0.1) is 0 Å². The molecule has 1 aliphatic rings. The largest absolute Gasteiger partial charge is 0.397 e. The second kappa shape index (κ2) is 3.72. The first-order valence-corrected chi connectivity index (χ1v) is 4.26. The summed E-state index contributed by atoms with van der Waals surface area (Å²) in [5.41, 5.74) is 7.25. The molecule has 2 N–H and O–H groups in total. The molecule has 2 heterocycles. The van der Waals surface area contributed by atoms with E-state index in [-0.39, 0.29) is 6.10 Å². The van der Waals surface area contributed by atoms with E-state index in [1.54, 1.807) is 12.4 Å². The molecule has 0 aromatic carbocycles. The highest BCUT2D eigenvalue weighted by Crippen LogP contribution is 2.20. The Hall–Kier alpha value is -1.13. The number of nitrogens with two attached hydrogens (primary N) is 1. The third-order valence-electron chi connectivity index (χ3n) is 1.97. The average molecular weight is 180 g/mol. The number of hydrogen-bond donors (Lipinski definition) is 1. The zero-order chi connectivity index (χ0) is 9.10. The second-order valence-electron chi connectivity index (χ2n) is 2.99. The van der Waals surface area contributed by atoms with Crippen molar-refractivity contribution in [1.29, 1.82) is 0 Å². The Labute approximate surface area is 76.7 Å². The normalized spacial score (nSPS) is 22.9. The van der Waals surface area contributed by atoms with E-state index in [9.17, 15) is 0 Å². The van der Waals surface area contributed by atoms with Crippen LogP contribution in [0.2, 0.25) is 0 Å². The zero-order valence-corrected chi connectivity index (χ0v) is 7.27. The van der Waals surface area contributed by atoms with Gasteiger partial charge in [-0.25, -0.2) is 0 Å². The Morgan fingerprint density at radius 3 is 3.00 bits per heavy atom. The standard InChI is InChI=1S/C9H12N2O2/c10-8-3-7(4-11-5-8)9-6-12-1-2-13-9/h3-5,9H,1-2,6,10H2. The van der Waals surface area contributed by atoms with E-state index in [2.05, 4.69) is 4.98 Å². The molecular weight excluding hydrogens is 168 g/mol. The average Bonchev–Trinajstić information content (AvgIpc) is 2.19. The van der Waals surface area contributed by atoms with E-state index in [0.29, 0.717) is 25.5 Å². The number of pyridine rings is 1. The fraction of sp³-hybridized carbons (Fsp3) is 0.444. The molecule has 1 aromatic heterocycles. The van der Waals surface area contributed by atoms with Crippen LogP contribution in [0.4, 0.5) is 5.69 Å². The Balaban J connectivity index is 2.14. The van der Waals surface area contributed by atoms with Crippen molar-refractivity contribution < 1.29 is 9.47 Å². The molecule has 4 nitrogen and oxygen atoms in total. The van der Waals surface area contributed by atoms with Crippen LogP contribution in [0.5, 0.6) is 0 Å². The third-order valence-corrected chi connectivity index (χ3v) is 1.97. The van der Waals surface area contributed by atoms with Gasteiger partial charge in [-0.1, -0.05) is 0 Å². The summed E-state index contributed by atoms with van der Waals surface area (Å²) in [5.74, 6) is 0. The lowest BCUT2D eigenvalue weighted by Gasteiger charge is -2.22. The van der Waals surface area contributed by atoms with Crippen molar-refractivity contribution in [3.05, 3.63) is 24.0 Å². The topological polar surface area (TPSA) is 57.4 Å². The quantitative estimate of drug-likeness (QED) is 0.693. The molecule has 4 heteroatoms. The molecule has 1 fully saturated rings. The number of nitrogens with zero attached hydrogens (tertiary/aromatic N) is 1. The summed E-state index contributed by atoms with van der Waals surface area (Å²) in [5, 5.41) is 0. The van der Waals surface area contributed by atoms with Crippen LogP contribution in [-0.2, 0) is 9.47 Å². The Bertz CT molecular complexity index is 285. The fourth-order valence-corrected chi connectivity index (χ4v) is 1.33. The number of hydrogen-bond acceptors (Lipinski definition) is 4. The van der Waals surface area contributed by atoms with Gasteiger partial charge in [0, 0.05) is 18.0 Å². The van der Waals surface area contributed by atoms with Crippen LogP contribution in [0, 0.1) is 0 Å². The SMILES string of the molecule is Nc1cncc(C2COCCO2)c1. The smallest absolute Gasteiger partial charge is 0.107 e. The maximum Gasteiger partial charge on any atom is 0.107 e. The third kappa shape index (κ3) is 1.96. The molecule has 1 unspecified atom stereocenters. The molecule has 1 atom stereocenters. The van der Waals surface area contributed by atoms with Crippen molar-refractivity contribution in [2.75, 3.05) is 25.6 Å². The van der Waals surface area contributed by atoms with E-state index < -0.39 is 0 Å². The van der Waals surface area contributed by atoms with Crippen molar-refractivity contribution in [1.82, 2.24) is 4.98 Å². The lowest BCUT2D eigenvalue weighted by atomic mass is 10.1. The van der Waals surface area contributed by atoms with Gasteiger partial charge in [0.05, 0.1) is 25.5 Å². The molecule has 13 heavy (non-hydrogen) atoms. The van der Waals surface area contributed by atoms with Crippen LogP contribution < -0.4 is 5.73 Å². The highest BCUT2D eigenvalue weighted by molar-refractivity contribution is 5.37. The molecule has 0 bridgehead atoms. The summed E-state index contributed by atoms with van der Waals surface area (Å²) in [6.45, 7) is 1.90. The summed E-state index contributed by atoms with van der Waals surface area (Å²) in [6.07, 6.45) is 3.37. The molecular formula is C9H12N2O2. The van der Waals surface area contributed by atoms with Crippen LogP contribution in [0.3, 0.4) is 0 Å². The Kier molecular flexibility index (Phi) is 2.42. The van der Waals surface area contributed by atoms with Crippen LogP contribution in [-0.4, -0.2) is 24.8 Å². The summed E-state index contributed by atoms with van der Waals surface area (Å²) >= 11 is 0. The van der Waals surface area contributed by atoms with Crippen molar-refractivity contribution in [2.24, 2.45) is 0 Å². The van der Waals surface area contributed by atoms with E-state index in [0.717, 1.165) is 5.56 Å². The number of nitrogen functional groups attached to an aromatic ring is 1. The van der Waals surface area contributed by atoms with Gasteiger partial charge in [0.15, 0.2) is 0 Å². The number of ether oxygens (including phenoxy) is 2. The summed E-state index contributed by atoms with van der Waals surface area (Å²) in [6, 6.07) is 1.87. The highest BCUT2D eigenvalue weighted by atomic mass is 16.6. The molecule has 1 saturated heterocycles. The number of rotatable bonds is 1. The second-order valence-corrected chi connectivity index (χ2v) is 2.99. The molecule has 0 amide bonds. The van der Waals surface area contributed by atoms with Crippen LogP contribution in [0.1, 0.15) is 11.7 Å². The first kappa shape index (κ1) is 8.47. The minimum Gasteiger partial charge on any atom is -0.397 e. The van der Waals surface area contributed by atoms with Gasteiger partial charge in [-0.3, -0.25) is 4.98 Å². The molecule has 0 saturated carbocycles. The van der Waals surface area contributed by atoms with Gasteiger partial charge in [0.2, 0.25) is 0 Å². The lowest BCUT2D eigenvalue weighted by Crippen LogP contribution is -2.22. The molecule has 2 rings (SSSR count). The van der Waals surface area contributed by atoms with Crippen molar-refractivity contribution in [2.45, 2.75) is 6.10 Å². The maximum atomic E-state index is 5.61. The van der Waals surface area contributed by atoms with Crippen LogP contribution >= 0.6 is 0 Å². The summed E-state index contributed by atoms with van der Waals surface area (Å²) < 4.78 is 10.8. The molecule has 1 aliphatic heterocycles. The maximum absolute atomic E-state index is 5.61. The minimum atomic E-state index is -0.00949. The van der Waals surface area contributed by atoms with Crippen molar-refractivity contribution in [3.8, 4) is 0 Å². The van der Waals surface area contributed by atoms with Gasteiger partial charge < -0.3 is 15.2 Å². The van der Waals surface area contributed by atoms with E-state index >= 15 is 0 Å². The van der Waals surface area contributed by atoms with Crippen LogP contribution in [0.25, 0.3) is 0 Å². The van der Waals surface area contributed by atoms with Crippen molar-refractivity contribution >= 4 is 5.69 Å².